The Morgan fingerprint density at radius 3 is 2.49 bits per heavy atom. The largest absolute Gasteiger partial charge is 0.437 e. The fourth-order valence-corrected chi connectivity index (χ4v) is 5.58. The van der Waals surface area contributed by atoms with Crippen molar-refractivity contribution in [3.8, 4) is 11.6 Å². The molecule has 0 bridgehead atoms. The van der Waals surface area contributed by atoms with Gasteiger partial charge in [-0.3, -0.25) is 9.78 Å². The van der Waals surface area contributed by atoms with Gasteiger partial charge in [0, 0.05) is 44.6 Å². The van der Waals surface area contributed by atoms with Gasteiger partial charge < -0.3 is 14.4 Å². The molecule has 2 saturated heterocycles. The van der Waals surface area contributed by atoms with Crippen LogP contribution in [-0.2, 0) is 14.9 Å². The monoisotopic (exact) mass is 471 g/mol. The van der Waals surface area contributed by atoms with E-state index >= 15 is 0 Å². The van der Waals surface area contributed by atoms with Gasteiger partial charge in [-0.15, -0.1) is 0 Å². The highest BCUT2D eigenvalue weighted by molar-refractivity contribution is 5.88. The molecule has 0 unspecified atom stereocenters. The number of ether oxygens (including phenoxy) is 2. The van der Waals surface area contributed by atoms with Crippen LogP contribution >= 0.6 is 0 Å². The van der Waals surface area contributed by atoms with Crippen LogP contribution < -0.4 is 4.74 Å². The number of aryl methyl sites for hydroxylation is 2. The summed E-state index contributed by atoms with van der Waals surface area (Å²) in [7, 11) is 0. The van der Waals surface area contributed by atoms with Crippen molar-refractivity contribution < 1.29 is 14.3 Å². The molecule has 6 nitrogen and oxygen atoms in total. The number of amides is 1. The van der Waals surface area contributed by atoms with Gasteiger partial charge in [0.15, 0.2) is 0 Å². The lowest BCUT2D eigenvalue weighted by atomic mass is 9.71. The molecule has 2 fully saturated rings. The van der Waals surface area contributed by atoms with E-state index < -0.39 is 5.41 Å². The average molecular weight is 472 g/mol. The first-order valence-corrected chi connectivity index (χ1v) is 12.5. The van der Waals surface area contributed by atoms with Crippen molar-refractivity contribution in [2.75, 3.05) is 26.3 Å². The number of carbonyl (C=O) groups excluding carboxylic acids is 1. The number of hydrogen-bond acceptors (Lipinski definition) is 5. The molecular formula is C29H33N3O3. The zero-order valence-electron chi connectivity index (χ0n) is 20.6. The molecule has 3 heterocycles. The summed E-state index contributed by atoms with van der Waals surface area (Å²) >= 11 is 0. The van der Waals surface area contributed by atoms with E-state index in [-0.39, 0.29) is 11.8 Å². The van der Waals surface area contributed by atoms with Crippen LogP contribution in [0.3, 0.4) is 0 Å². The number of aromatic nitrogens is 2. The summed E-state index contributed by atoms with van der Waals surface area (Å²) in [6, 6.07) is 16.2. The Bertz CT molecular complexity index is 1150. The maximum Gasteiger partial charge on any atom is 0.241 e. The SMILES string of the molecule is Cc1cc(C)cc(C2(C(=O)N3CCC[C@@H](c4nccnc4Oc4ccccc4)C3)CCOCC2)c1. The maximum absolute atomic E-state index is 14.3. The number of para-hydroxylation sites is 1. The highest BCUT2D eigenvalue weighted by Crippen LogP contribution is 2.40. The van der Waals surface area contributed by atoms with Crippen LogP contribution in [0.5, 0.6) is 11.6 Å². The fraction of sp³-hybridized carbons (Fsp3) is 0.414. The average Bonchev–Trinajstić information content (AvgIpc) is 2.89. The molecule has 0 spiro atoms. The summed E-state index contributed by atoms with van der Waals surface area (Å²) in [5.41, 5.74) is 3.79. The van der Waals surface area contributed by atoms with Gasteiger partial charge in [-0.25, -0.2) is 4.98 Å². The van der Waals surface area contributed by atoms with Crippen molar-refractivity contribution >= 4 is 5.91 Å². The van der Waals surface area contributed by atoms with E-state index in [9.17, 15) is 4.79 Å². The molecule has 0 N–H and O–H groups in total. The van der Waals surface area contributed by atoms with E-state index in [0.29, 0.717) is 38.5 Å². The molecule has 1 aromatic heterocycles. The highest BCUT2D eigenvalue weighted by Gasteiger charge is 2.45. The Hall–Kier alpha value is -3.25. The topological polar surface area (TPSA) is 64.6 Å². The first-order valence-electron chi connectivity index (χ1n) is 12.5. The number of rotatable bonds is 5. The molecule has 2 aliphatic rings. The number of hydrogen-bond donors (Lipinski definition) is 0. The van der Waals surface area contributed by atoms with Gasteiger partial charge in [-0.2, -0.15) is 0 Å². The second-order valence-electron chi connectivity index (χ2n) is 9.82. The van der Waals surface area contributed by atoms with Gasteiger partial charge >= 0.3 is 0 Å². The number of carbonyl (C=O) groups is 1. The maximum atomic E-state index is 14.3. The van der Waals surface area contributed by atoms with Crippen LogP contribution in [0, 0.1) is 13.8 Å². The standard InChI is InChI=1S/C29H33N3O3/c1-21-17-22(2)19-24(18-21)29(10-15-34-16-11-29)28(33)32-14-6-7-23(20-32)26-27(31-13-12-30-26)35-25-8-4-3-5-9-25/h3-5,8-9,12-13,17-19,23H,6-7,10-11,14-16,20H2,1-2H3/t23-/m1/s1. The molecule has 0 saturated carbocycles. The normalized spacial score (nSPS) is 19.8. The zero-order valence-corrected chi connectivity index (χ0v) is 20.6. The van der Waals surface area contributed by atoms with Crippen LogP contribution in [0.2, 0.25) is 0 Å². The van der Waals surface area contributed by atoms with Gasteiger partial charge in [0.05, 0.1) is 5.41 Å². The third-order valence-electron chi connectivity index (χ3n) is 7.27. The van der Waals surface area contributed by atoms with Crippen molar-refractivity contribution in [1.29, 1.82) is 0 Å². The molecule has 6 heteroatoms. The third kappa shape index (κ3) is 4.94. The van der Waals surface area contributed by atoms with Gasteiger partial charge in [0.1, 0.15) is 11.4 Å². The lowest BCUT2D eigenvalue weighted by Crippen LogP contribution is -2.52. The molecule has 2 aromatic carbocycles. The van der Waals surface area contributed by atoms with Crippen LogP contribution in [-0.4, -0.2) is 47.1 Å². The third-order valence-corrected chi connectivity index (χ3v) is 7.27. The highest BCUT2D eigenvalue weighted by atomic mass is 16.5. The molecule has 1 atom stereocenters. The van der Waals surface area contributed by atoms with E-state index in [1.54, 1.807) is 12.4 Å². The second kappa shape index (κ2) is 10.2. The minimum absolute atomic E-state index is 0.0799. The number of benzene rings is 2. The van der Waals surface area contributed by atoms with Crippen molar-refractivity contribution in [1.82, 2.24) is 14.9 Å². The summed E-state index contributed by atoms with van der Waals surface area (Å²) in [5.74, 6) is 1.54. The fourth-order valence-electron chi connectivity index (χ4n) is 5.58. The van der Waals surface area contributed by atoms with Crippen molar-refractivity contribution in [3.63, 3.8) is 0 Å². The van der Waals surface area contributed by atoms with Crippen molar-refractivity contribution in [2.45, 2.75) is 50.9 Å². The lowest BCUT2D eigenvalue weighted by molar-refractivity contribution is -0.142. The number of nitrogens with zero attached hydrogens (tertiary/aromatic N) is 3. The summed E-state index contributed by atoms with van der Waals surface area (Å²) in [6.45, 7) is 6.80. The summed E-state index contributed by atoms with van der Waals surface area (Å²) in [5, 5.41) is 0. The molecule has 2 aliphatic heterocycles. The number of piperidine rings is 1. The predicted octanol–water partition coefficient (Wildman–Crippen LogP) is 5.34. The van der Waals surface area contributed by atoms with Gasteiger partial charge in [-0.05, 0) is 57.2 Å². The molecule has 0 radical (unpaired) electrons. The summed E-state index contributed by atoms with van der Waals surface area (Å²) in [6.07, 6.45) is 6.67. The van der Waals surface area contributed by atoms with Crippen molar-refractivity contribution in [3.05, 3.63) is 83.3 Å². The quantitative estimate of drug-likeness (QED) is 0.503. The Balaban J connectivity index is 1.42. The first kappa shape index (κ1) is 23.5. The smallest absolute Gasteiger partial charge is 0.241 e. The van der Waals surface area contributed by atoms with Crippen LogP contribution in [0.1, 0.15) is 54.0 Å². The molecule has 182 valence electrons. The van der Waals surface area contributed by atoms with E-state index in [1.165, 1.54) is 11.1 Å². The van der Waals surface area contributed by atoms with E-state index in [2.05, 4.69) is 46.9 Å². The lowest BCUT2D eigenvalue weighted by Gasteiger charge is -2.43. The van der Waals surface area contributed by atoms with Gasteiger partial charge in [0.2, 0.25) is 11.8 Å². The van der Waals surface area contributed by atoms with Gasteiger partial charge in [0.25, 0.3) is 0 Å². The summed E-state index contributed by atoms with van der Waals surface area (Å²) in [4.78, 5) is 25.5. The molecular weight excluding hydrogens is 438 g/mol. The van der Waals surface area contributed by atoms with E-state index in [4.69, 9.17) is 9.47 Å². The summed E-state index contributed by atoms with van der Waals surface area (Å²) < 4.78 is 11.8. The minimum atomic E-state index is -0.539. The Kier molecular flexibility index (Phi) is 6.82. The molecule has 35 heavy (non-hydrogen) atoms. The molecule has 0 aliphatic carbocycles. The molecule has 5 rings (SSSR count). The Morgan fingerprint density at radius 1 is 1.03 bits per heavy atom. The van der Waals surface area contributed by atoms with E-state index in [1.807, 2.05) is 30.3 Å². The van der Waals surface area contributed by atoms with Crippen molar-refractivity contribution in [2.24, 2.45) is 0 Å². The van der Waals surface area contributed by atoms with Crippen LogP contribution in [0.4, 0.5) is 0 Å². The Labute approximate surface area is 207 Å². The molecule has 1 amide bonds. The molecule has 3 aromatic rings. The predicted molar refractivity (Wildman–Crippen MR) is 135 cm³/mol. The van der Waals surface area contributed by atoms with Crippen LogP contribution in [0.15, 0.2) is 60.9 Å². The van der Waals surface area contributed by atoms with Crippen LogP contribution in [0.25, 0.3) is 0 Å². The Morgan fingerprint density at radius 2 is 1.74 bits per heavy atom. The first-order chi connectivity index (χ1) is 17.0. The van der Waals surface area contributed by atoms with Gasteiger partial charge in [-0.1, -0.05) is 47.5 Å². The minimum Gasteiger partial charge on any atom is -0.437 e. The number of likely N-dealkylation sites (tertiary alicyclic amines) is 1. The zero-order chi connectivity index (χ0) is 24.3. The second-order valence-corrected chi connectivity index (χ2v) is 9.82. The van der Waals surface area contributed by atoms with E-state index in [0.717, 1.165) is 36.4 Å².